The number of hydrogen-bond donors (Lipinski definition) is 0. The second-order valence-corrected chi connectivity index (χ2v) is 7.28. The molecule has 0 atom stereocenters. The number of hydrogen-bond acceptors (Lipinski definition) is 3. The SMILES string of the molecule is Cn1ccc2c1C=CCN(CCN1CCN(c3ccc(F)cc3)CC1)C2. The number of aromatic nitrogens is 1. The van der Waals surface area contributed by atoms with Crippen LogP contribution in [0.3, 0.4) is 0 Å². The number of anilines is 1. The Labute approximate surface area is 155 Å². The quantitative estimate of drug-likeness (QED) is 0.839. The second kappa shape index (κ2) is 7.64. The predicted molar refractivity (Wildman–Crippen MR) is 105 cm³/mol. The summed E-state index contributed by atoms with van der Waals surface area (Å²) in [6.45, 7) is 8.39. The van der Waals surface area contributed by atoms with E-state index in [1.165, 1.54) is 11.3 Å². The third-order valence-corrected chi connectivity index (χ3v) is 5.54. The minimum atomic E-state index is -0.166. The number of halogens is 1. The van der Waals surface area contributed by atoms with E-state index in [2.05, 4.69) is 50.7 Å². The van der Waals surface area contributed by atoms with E-state index in [0.717, 1.165) is 58.0 Å². The highest BCUT2D eigenvalue weighted by Gasteiger charge is 2.19. The van der Waals surface area contributed by atoms with E-state index in [0.29, 0.717) is 0 Å². The zero-order chi connectivity index (χ0) is 17.9. The Morgan fingerprint density at radius 3 is 2.42 bits per heavy atom. The average molecular weight is 354 g/mol. The van der Waals surface area contributed by atoms with E-state index < -0.39 is 0 Å². The molecule has 1 fully saturated rings. The van der Waals surface area contributed by atoms with Gasteiger partial charge in [-0.25, -0.2) is 4.39 Å². The fraction of sp³-hybridized carbons (Fsp3) is 0.429. The Morgan fingerprint density at radius 1 is 0.923 bits per heavy atom. The third kappa shape index (κ3) is 3.84. The summed E-state index contributed by atoms with van der Waals surface area (Å²) in [6, 6.07) is 9.09. The Morgan fingerprint density at radius 2 is 1.65 bits per heavy atom. The molecule has 0 unspecified atom stereocenters. The van der Waals surface area contributed by atoms with Gasteiger partial charge in [-0.15, -0.1) is 0 Å². The first-order chi connectivity index (χ1) is 12.7. The molecule has 1 aromatic carbocycles. The second-order valence-electron chi connectivity index (χ2n) is 7.28. The summed E-state index contributed by atoms with van der Waals surface area (Å²) >= 11 is 0. The lowest BCUT2D eigenvalue weighted by Gasteiger charge is -2.37. The first kappa shape index (κ1) is 17.3. The Hall–Kier alpha value is -2.11. The van der Waals surface area contributed by atoms with Gasteiger partial charge in [0.2, 0.25) is 0 Å². The van der Waals surface area contributed by atoms with Gasteiger partial charge in [0.25, 0.3) is 0 Å². The maximum atomic E-state index is 13.1. The molecule has 0 amide bonds. The highest BCUT2D eigenvalue weighted by molar-refractivity contribution is 5.52. The molecule has 3 heterocycles. The van der Waals surface area contributed by atoms with Crippen LogP contribution in [0.25, 0.3) is 6.08 Å². The highest BCUT2D eigenvalue weighted by atomic mass is 19.1. The van der Waals surface area contributed by atoms with Crippen LogP contribution in [0.2, 0.25) is 0 Å². The van der Waals surface area contributed by atoms with Crippen LogP contribution < -0.4 is 4.90 Å². The van der Waals surface area contributed by atoms with Gasteiger partial charge >= 0.3 is 0 Å². The zero-order valence-corrected chi connectivity index (χ0v) is 15.4. The fourth-order valence-electron chi connectivity index (χ4n) is 3.91. The molecular weight excluding hydrogens is 327 g/mol. The minimum Gasteiger partial charge on any atom is -0.369 e. The van der Waals surface area contributed by atoms with Gasteiger partial charge in [0, 0.05) is 77.0 Å². The van der Waals surface area contributed by atoms with E-state index in [1.54, 1.807) is 12.1 Å². The lowest BCUT2D eigenvalue weighted by molar-refractivity contribution is 0.202. The monoisotopic (exact) mass is 354 g/mol. The van der Waals surface area contributed by atoms with Gasteiger partial charge in [-0.1, -0.05) is 6.08 Å². The van der Waals surface area contributed by atoms with E-state index in [-0.39, 0.29) is 5.82 Å². The molecule has 2 aliphatic rings. The van der Waals surface area contributed by atoms with Crippen LogP contribution in [0.5, 0.6) is 0 Å². The first-order valence-electron chi connectivity index (χ1n) is 9.45. The summed E-state index contributed by atoms with van der Waals surface area (Å²) in [5.41, 5.74) is 3.88. The summed E-state index contributed by atoms with van der Waals surface area (Å²) in [4.78, 5) is 7.41. The smallest absolute Gasteiger partial charge is 0.123 e. The molecule has 138 valence electrons. The molecular formula is C21H27FN4. The van der Waals surface area contributed by atoms with Crippen molar-refractivity contribution in [2.75, 3.05) is 50.7 Å². The van der Waals surface area contributed by atoms with Crippen LogP contribution in [-0.2, 0) is 13.6 Å². The molecule has 2 aliphatic heterocycles. The van der Waals surface area contributed by atoms with Gasteiger partial charge in [-0.2, -0.15) is 0 Å². The van der Waals surface area contributed by atoms with E-state index in [4.69, 9.17) is 0 Å². The van der Waals surface area contributed by atoms with Crippen LogP contribution in [0, 0.1) is 5.82 Å². The Kier molecular flexibility index (Phi) is 5.09. The van der Waals surface area contributed by atoms with Crippen LogP contribution >= 0.6 is 0 Å². The van der Waals surface area contributed by atoms with Crippen molar-refractivity contribution in [3.8, 4) is 0 Å². The highest BCUT2D eigenvalue weighted by Crippen LogP contribution is 2.19. The van der Waals surface area contributed by atoms with Crippen molar-refractivity contribution < 1.29 is 4.39 Å². The first-order valence-corrected chi connectivity index (χ1v) is 9.45. The molecule has 4 rings (SSSR count). The largest absolute Gasteiger partial charge is 0.369 e. The molecule has 26 heavy (non-hydrogen) atoms. The normalized spacial score (nSPS) is 18.8. The van der Waals surface area contributed by atoms with E-state index in [9.17, 15) is 4.39 Å². The van der Waals surface area contributed by atoms with Crippen LogP contribution in [0.1, 0.15) is 11.3 Å². The van der Waals surface area contributed by atoms with Crippen LogP contribution in [0.15, 0.2) is 42.6 Å². The van der Waals surface area contributed by atoms with Gasteiger partial charge in [-0.3, -0.25) is 9.80 Å². The van der Waals surface area contributed by atoms with Crippen molar-refractivity contribution in [1.82, 2.24) is 14.4 Å². The molecule has 0 N–H and O–H groups in total. The molecule has 0 bridgehead atoms. The minimum absolute atomic E-state index is 0.166. The predicted octanol–water partition coefficient (Wildman–Crippen LogP) is 2.82. The number of fused-ring (bicyclic) bond motifs is 1. The summed E-state index contributed by atoms with van der Waals surface area (Å²) in [6.07, 6.45) is 6.67. The van der Waals surface area contributed by atoms with Crippen molar-refractivity contribution in [3.05, 3.63) is 59.7 Å². The van der Waals surface area contributed by atoms with Gasteiger partial charge in [0.05, 0.1) is 0 Å². The van der Waals surface area contributed by atoms with E-state index >= 15 is 0 Å². The van der Waals surface area contributed by atoms with Crippen molar-refractivity contribution in [2.45, 2.75) is 6.54 Å². The van der Waals surface area contributed by atoms with Crippen molar-refractivity contribution in [1.29, 1.82) is 0 Å². The molecule has 0 spiro atoms. The fourth-order valence-corrected chi connectivity index (χ4v) is 3.91. The molecule has 0 saturated carbocycles. The lowest BCUT2D eigenvalue weighted by Crippen LogP contribution is -2.48. The number of nitrogens with zero attached hydrogens (tertiary/aromatic N) is 4. The summed E-state index contributed by atoms with van der Waals surface area (Å²) in [5.74, 6) is -0.166. The van der Waals surface area contributed by atoms with Gasteiger partial charge in [0.1, 0.15) is 5.82 Å². The summed E-state index contributed by atoms with van der Waals surface area (Å²) < 4.78 is 15.3. The standard InChI is InChI=1S/C21H27FN4/c1-23-10-8-18-17-25(9-2-3-21(18)23)12-11-24-13-15-26(16-14-24)20-6-4-19(22)5-7-20/h2-8,10H,9,11-17H2,1H3. The number of benzene rings is 1. The van der Waals surface area contributed by atoms with Crippen molar-refractivity contribution in [2.24, 2.45) is 7.05 Å². The number of piperazine rings is 1. The molecule has 1 saturated heterocycles. The molecule has 2 aromatic rings. The maximum absolute atomic E-state index is 13.1. The number of rotatable bonds is 4. The van der Waals surface area contributed by atoms with Crippen LogP contribution in [0.4, 0.5) is 10.1 Å². The Bertz CT molecular complexity index is 757. The third-order valence-electron chi connectivity index (χ3n) is 5.54. The Balaban J connectivity index is 1.26. The molecule has 1 aromatic heterocycles. The average Bonchev–Trinajstić information content (AvgIpc) is 2.89. The molecule has 4 nitrogen and oxygen atoms in total. The number of aryl methyl sites for hydroxylation is 1. The van der Waals surface area contributed by atoms with Gasteiger partial charge in [0.15, 0.2) is 0 Å². The van der Waals surface area contributed by atoms with Crippen LogP contribution in [-0.4, -0.2) is 60.2 Å². The zero-order valence-electron chi connectivity index (χ0n) is 15.4. The molecule has 5 heteroatoms. The maximum Gasteiger partial charge on any atom is 0.123 e. The van der Waals surface area contributed by atoms with Crippen molar-refractivity contribution >= 4 is 11.8 Å². The molecule has 0 aliphatic carbocycles. The topological polar surface area (TPSA) is 14.7 Å². The van der Waals surface area contributed by atoms with Gasteiger partial charge in [-0.05, 0) is 42.0 Å². The van der Waals surface area contributed by atoms with E-state index in [1.807, 2.05) is 12.1 Å². The summed E-state index contributed by atoms with van der Waals surface area (Å²) in [5, 5.41) is 0. The lowest BCUT2D eigenvalue weighted by atomic mass is 10.2. The van der Waals surface area contributed by atoms with Crippen molar-refractivity contribution in [3.63, 3.8) is 0 Å². The summed E-state index contributed by atoms with van der Waals surface area (Å²) in [7, 11) is 2.11. The molecule has 0 radical (unpaired) electrons. The van der Waals surface area contributed by atoms with Gasteiger partial charge < -0.3 is 9.47 Å².